The molecule has 29 heavy (non-hydrogen) atoms. The van der Waals surface area contributed by atoms with Crippen molar-refractivity contribution >= 4 is 28.8 Å². The van der Waals surface area contributed by atoms with Crippen LogP contribution in [0.5, 0.6) is 0 Å². The average molecular weight is 429 g/mol. The second-order valence-corrected chi connectivity index (χ2v) is 8.82. The highest BCUT2D eigenvalue weighted by Gasteiger charge is 2.26. The molecule has 1 aromatic carbocycles. The Hall–Kier alpha value is -2.48. The van der Waals surface area contributed by atoms with E-state index in [1.807, 2.05) is 49.4 Å². The van der Waals surface area contributed by atoms with Crippen LogP contribution >= 0.6 is 22.9 Å². The first-order valence-electron chi connectivity index (χ1n) is 9.43. The highest BCUT2D eigenvalue weighted by Crippen LogP contribution is 2.23. The number of thiophene rings is 1. The standard InChI is InChI=1S/C21H21ClN4O2S/c1-15-13-18(27)20(23-26(15)16-5-3-2-4-6-16)21(28)25-11-9-24(10-12-25)14-17-7-8-19(22)29-17/h2-8,13H,9-12,14H2,1H3. The first-order valence-corrected chi connectivity index (χ1v) is 10.6. The van der Waals surface area contributed by atoms with Crippen molar-refractivity contribution in [3.8, 4) is 5.69 Å². The van der Waals surface area contributed by atoms with Crippen LogP contribution in [0.15, 0.2) is 53.3 Å². The molecule has 3 aromatic rings. The van der Waals surface area contributed by atoms with E-state index >= 15 is 0 Å². The third-order valence-electron chi connectivity index (χ3n) is 4.98. The molecule has 1 aliphatic rings. The predicted molar refractivity (Wildman–Crippen MR) is 115 cm³/mol. The number of aromatic nitrogens is 2. The number of hydrogen-bond donors (Lipinski definition) is 0. The van der Waals surface area contributed by atoms with E-state index in [-0.39, 0.29) is 17.0 Å². The summed E-state index contributed by atoms with van der Waals surface area (Å²) in [5.41, 5.74) is 1.14. The summed E-state index contributed by atoms with van der Waals surface area (Å²) in [6, 6.07) is 14.9. The highest BCUT2D eigenvalue weighted by molar-refractivity contribution is 7.16. The van der Waals surface area contributed by atoms with E-state index in [1.165, 1.54) is 10.9 Å². The van der Waals surface area contributed by atoms with Crippen LogP contribution in [-0.4, -0.2) is 51.7 Å². The first kappa shape index (κ1) is 19.8. The monoisotopic (exact) mass is 428 g/mol. The van der Waals surface area contributed by atoms with E-state index in [0.29, 0.717) is 18.8 Å². The zero-order chi connectivity index (χ0) is 20.4. The van der Waals surface area contributed by atoms with Crippen LogP contribution in [0.2, 0.25) is 4.34 Å². The number of rotatable bonds is 4. The minimum Gasteiger partial charge on any atom is -0.335 e. The van der Waals surface area contributed by atoms with Crippen LogP contribution in [0.4, 0.5) is 0 Å². The molecule has 1 amide bonds. The molecular weight excluding hydrogens is 408 g/mol. The Kier molecular flexibility index (Phi) is 5.80. The molecule has 1 aliphatic heterocycles. The van der Waals surface area contributed by atoms with E-state index in [0.717, 1.165) is 29.7 Å². The van der Waals surface area contributed by atoms with E-state index in [2.05, 4.69) is 10.00 Å². The smallest absolute Gasteiger partial charge is 0.278 e. The Bertz CT molecular complexity index is 1070. The second kappa shape index (κ2) is 8.49. The van der Waals surface area contributed by atoms with Crippen LogP contribution in [-0.2, 0) is 6.54 Å². The van der Waals surface area contributed by atoms with Crippen molar-refractivity contribution in [1.82, 2.24) is 19.6 Å². The molecule has 0 bridgehead atoms. The lowest BCUT2D eigenvalue weighted by Gasteiger charge is -2.34. The van der Waals surface area contributed by atoms with Gasteiger partial charge in [-0.3, -0.25) is 14.5 Å². The van der Waals surface area contributed by atoms with Gasteiger partial charge in [0.1, 0.15) is 0 Å². The Morgan fingerprint density at radius 3 is 2.48 bits per heavy atom. The normalized spacial score (nSPS) is 14.9. The Morgan fingerprint density at radius 2 is 1.83 bits per heavy atom. The lowest BCUT2D eigenvalue weighted by atomic mass is 10.2. The summed E-state index contributed by atoms with van der Waals surface area (Å²) in [6.45, 7) is 5.27. The van der Waals surface area contributed by atoms with Crippen LogP contribution in [0.25, 0.3) is 5.69 Å². The van der Waals surface area contributed by atoms with Crippen molar-refractivity contribution in [3.63, 3.8) is 0 Å². The third-order valence-corrected chi connectivity index (χ3v) is 6.19. The zero-order valence-electron chi connectivity index (χ0n) is 16.0. The minimum absolute atomic E-state index is 0.0297. The van der Waals surface area contributed by atoms with Crippen molar-refractivity contribution in [2.75, 3.05) is 26.2 Å². The Balaban J connectivity index is 1.48. The lowest BCUT2D eigenvalue weighted by molar-refractivity contribution is 0.0620. The lowest BCUT2D eigenvalue weighted by Crippen LogP contribution is -2.49. The van der Waals surface area contributed by atoms with Gasteiger partial charge in [-0.1, -0.05) is 29.8 Å². The van der Waals surface area contributed by atoms with Gasteiger partial charge in [0.25, 0.3) is 5.91 Å². The van der Waals surface area contributed by atoms with E-state index in [9.17, 15) is 9.59 Å². The number of aryl methyl sites for hydroxylation is 1. The van der Waals surface area contributed by atoms with Gasteiger partial charge in [-0.25, -0.2) is 4.68 Å². The molecule has 0 spiro atoms. The summed E-state index contributed by atoms with van der Waals surface area (Å²) in [7, 11) is 0. The fourth-order valence-electron chi connectivity index (χ4n) is 3.44. The van der Waals surface area contributed by atoms with Gasteiger partial charge in [0.15, 0.2) is 5.69 Å². The maximum Gasteiger partial charge on any atom is 0.278 e. The van der Waals surface area contributed by atoms with Crippen LogP contribution in [0, 0.1) is 6.92 Å². The molecule has 0 aliphatic carbocycles. The molecule has 0 atom stereocenters. The average Bonchev–Trinajstić information content (AvgIpc) is 3.13. The van der Waals surface area contributed by atoms with Crippen molar-refractivity contribution in [3.05, 3.63) is 79.4 Å². The maximum atomic E-state index is 13.0. The quantitative estimate of drug-likeness (QED) is 0.640. The molecule has 0 unspecified atom stereocenters. The van der Waals surface area contributed by atoms with Gasteiger partial charge in [-0.2, -0.15) is 5.10 Å². The molecule has 150 valence electrons. The number of carbonyl (C=O) groups excluding carboxylic acids is 1. The topological polar surface area (TPSA) is 58.4 Å². The van der Waals surface area contributed by atoms with Gasteiger partial charge in [0.2, 0.25) is 5.43 Å². The van der Waals surface area contributed by atoms with Gasteiger partial charge in [0, 0.05) is 49.4 Å². The summed E-state index contributed by atoms with van der Waals surface area (Å²) in [6.07, 6.45) is 0. The summed E-state index contributed by atoms with van der Waals surface area (Å²) < 4.78 is 2.43. The van der Waals surface area contributed by atoms with Gasteiger partial charge < -0.3 is 4.90 Å². The van der Waals surface area contributed by atoms with Gasteiger partial charge in [-0.15, -0.1) is 11.3 Å². The number of para-hydroxylation sites is 1. The van der Waals surface area contributed by atoms with Crippen molar-refractivity contribution in [1.29, 1.82) is 0 Å². The molecule has 3 heterocycles. The molecule has 8 heteroatoms. The van der Waals surface area contributed by atoms with Crippen LogP contribution in [0.1, 0.15) is 21.1 Å². The molecule has 4 rings (SSSR count). The van der Waals surface area contributed by atoms with Gasteiger partial charge in [0.05, 0.1) is 10.0 Å². The molecule has 1 fully saturated rings. The van der Waals surface area contributed by atoms with Gasteiger partial charge >= 0.3 is 0 Å². The molecular formula is C21H21ClN4O2S. The summed E-state index contributed by atoms with van der Waals surface area (Å²) in [5.74, 6) is -0.307. The largest absolute Gasteiger partial charge is 0.335 e. The number of piperazine rings is 1. The summed E-state index contributed by atoms with van der Waals surface area (Å²) in [5, 5.41) is 4.39. The predicted octanol–water partition coefficient (Wildman–Crippen LogP) is 3.21. The second-order valence-electron chi connectivity index (χ2n) is 7.02. The Labute approximate surface area is 177 Å². The van der Waals surface area contributed by atoms with Crippen molar-refractivity contribution < 1.29 is 4.79 Å². The highest BCUT2D eigenvalue weighted by atomic mass is 35.5. The number of nitrogens with zero attached hydrogens (tertiary/aromatic N) is 4. The molecule has 2 aromatic heterocycles. The number of carbonyl (C=O) groups is 1. The van der Waals surface area contributed by atoms with E-state index in [1.54, 1.807) is 20.9 Å². The van der Waals surface area contributed by atoms with E-state index in [4.69, 9.17) is 11.6 Å². The Morgan fingerprint density at radius 1 is 1.10 bits per heavy atom. The first-order chi connectivity index (χ1) is 14.0. The number of amides is 1. The fourth-order valence-corrected chi connectivity index (χ4v) is 4.57. The van der Waals surface area contributed by atoms with Crippen LogP contribution in [0.3, 0.4) is 0 Å². The maximum absolute atomic E-state index is 13.0. The number of hydrogen-bond acceptors (Lipinski definition) is 5. The summed E-state index contributed by atoms with van der Waals surface area (Å²) in [4.78, 5) is 30.7. The zero-order valence-corrected chi connectivity index (χ0v) is 17.6. The van der Waals surface area contributed by atoms with Gasteiger partial charge in [-0.05, 0) is 31.2 Å². The van der Waals surface area contributed by atoms with Crippen molar-refractivity contribution in [2.24, 2.45) is 0 Å². The number of benzene rings is 1. The van der Waals surface area contributed by atoms with Crippen LogP contribution < -0.4 is 5.43 Å². The van der Waals surface area contributed by atoms with E-state index < -0.39 is 0 Å². The van der Waals surface area contributed by atoms with Crippen molar-refractivity contribution in [2.45, 2.75) is 13.5 Å². The molecule has 0 N–H and O–H groups in total. The molecule has 0 saturated carbocycles. The fraction of sp³-hybridized carbons (Fsp3) is 0.286. The minimum atomic E-state index is -0.338. The molecule has 0 radical (unpaired) electrons. The summed E-state index contributed by atoms with van der Waals surface area (Å²) >= 11 is 7.58. The third kappa shape index (κ3) is 4.42. The molecule has 6 nitrogen and oxygen atoms in total. The molecule has 1 saturated heterocycles. The number of halogens is 1. The SMILES string of the molecule is Cc1cc(=O)c(C(=O)N2CCN(Cc3ccc(Cl)s3)CC2)nn1-c1ccccc1.